The summed E-state index contributed by atoms with van der Waals surface area (Å²) >= 11 is 0. The van der Waals surface area contributed by atoms with Crippen LogP contribution in [0.3, 0.4) is 0 Å². The zero-order chi connectivity index (χ0) is 16.8. The number of nitrogens with zero attached hydrogens (tertiary/aromatic N) is 1. The quantitative estimate of drug-likeness (QED) is 0.555. The summed E-state index contributed by atoms with van der Waals surface area (Å²) in [5, 5.41) is 21.9. The number of carbonyl (C=O) groups excluding carboxylic acids is 1. The van der Waals surface area contributed by atoms with Crippen molar-refractivity contribution in [3.05, 3.63) is 23.8 Å². The van der Waals surface area contributed by atoms with Crippen LogP contribution in [0.15, 0.2) is 18.2 Å². The second-order valence-corrected chi connectivity index (χ2v) is 6.06. The summed E-state index contributed by atoms with van der Waals surface area (Å²) in [6, 6.07) is 4.69. The SMILES string of the molecule is CCN(CCNCc1ccc(O)c(O)c1)C(=O)OC(C)(C)C. The molecule has 0 unspecified atom stereocenters. The molecule has 0 aliphatic rings. The molecular formula is C16H26N2O4. The van der Waals surface area contributed by atoms with Gasteiger partial charge in [-0.1, -0.05) is 6.07 Å². The number of ether oxygens (including phenoxy) is 1. The maximum absolute atomic E-state index is 12.0. The Bertz CT molecular complexity index is 497. The number of phenolic OH excluding ortho intramolecular Hbond substituents is 2. The number of phenols is 2. The first kappa shape index (κ1) is 18.1. The monoisotopic (exact) mass is 310 g/mol. The van der Waals surface area contributed by atoms with E-state index in [-0.39, 0.29) is 17.6 Å². The minimum Gasteiger partial charge on any atom is -0.504 e. The van der Waals surface area contributed by atoms with E-state index >= 15 is 0 Å². The molecule has 0 heterocycles. The molecule has 0 spiro atoms. The Labute approximate surface area is 131 Å². The number of aromatic hydroxyl groups is 2. The summed E-state index contributed by atoms with van der Waals surface area (Å²) < 4.78 is 5.33. The molecule has 1 rings (SSSR count). The second kappa shape index (κ2) is 7.89. The zero-order valence-corrected chi connectivity index (χ0v) is 13.7. The summed E-state index contributed by atoms with van der Waals surface area (Å²) in [5.41, 5.74) is 0.359. The van der Waals surface area contributed by atoms with Gasteiger partial charge in [-0.05, 0) is 45.4 Å². The third-order valence-corrected chi connectivity index (χ3v) is 2.96. The molecule has 0 saturated carbocycles. The van der Waals surface area contributed by atoms with Crippen molar-refractivity contribution in [3.8, 4) is 11.5 Å². The van der Waals surface area contributed by atoms with Crippen molar-refractivity contribution >= 4 is 6.09 Å². The summed E-state index contributed by atoms with van der Waals surface area (Å²) in [5.74, 6) is -0.269. The Kier molecular flexibility index (Phi) is 6.49. The maximum Gasteiger partial charge on any atom is 0.410 e. The number of hydrogen-bond acceptors (Lipinski definition) is 5. The van der Waals surface area contributed by atoms with E-state index in [9.17, 15) is 15.0 Å². The van der Waals surface area contributed by atoms with E-state index in [1.807, 2.05) is 27.7 Å². The molecule has 124 valence electrons. The van der Waals surface area contributed by atoms with Crippen LogP contribution in [0, 0.1) is 0 Å². The summed E-state index contributed by atoms with van der Waals surface area (Å²) in [6.07, 6.45) is -0.320. The van der Waals surface area contributed by atoms with Crippen LogP contribution in [0.25, 0.3) is 0 Å². The minimum atomic E-state index is -0.499. The fourth-order valence-corrected chi connectivity index (χ4v) is 1.83. The third kappa shape index (κ3) is 6.22. The van der Waals surface area contributed by atoms with Gasteiger partial charge in [0, 0.05) is 26.2 Å². The molecule has 1 amide bonds. The van der Waals surface area contributed by atoms with Crippen LogP contribution >= 0.6 is 0 Å². The van der Waals surface area contributed by atoms with Gasteiger partial charge in [0.25, 0.3) is 0 Å². The molecule has 6 nitrogen and oxygen atoms in total. The number of benzene rings is 1. The maximum atomic E-state index is 12.0. The second-order valence-electron chi connectivity index (χ2n) is 6.06. The first-order valence-electron chi connectivity index (χ1n) is 7.42. The van der Waals surface area contributed by atoms with Crippen molar-refractivity contribution in [2.45, 2.75) is 39.8 Å². The van der Waals surface area contributed by atoms with Gasteiger partial charge in [0.1, 0.15) is 5.60 Å². The number of nitrogens with one attached hydrogen (secondary N) is 1. The topological polar surface area (TPSA) is 82.0 Å². The molecule has 0 aromatic heterocycles. The average molecular weight is 310 g/mol. The summed E-state index contributed by atoms with van der Waals surface area (Å²) in [6.45, 7) is 9.69. The van der Waals surface area contributed by atoms with Gasteiger partial charge < -0.3 is 25.2 Å². The highest BCUT2D eigenvalue weighted by atomic mass is 16.6. The fourth-order valence-electron chi connectivity index (χ4n) is 1.83. The van der Waals surface area contributed by atoms with Gasteiger partial charge in [0.05, 0.1) is 0 Å². The Hall–Kier alpha value is -1.95. The molecular weight excluding hydrogens is 284 g/mol. The van der Waals surface area contributed by atoms with Crippen LogP contribution in [-0.2, 0) is 11.3 Å². The van der Waals surface area contributed by atoms with E-state index in [1.54, 1.807) is 11.0 Å². The molecule has 0 atom stereocenters. The molecule has 22 heavy (non-hydrogen) atoms. The van der Waals surface area contributed by atoms with E-state index in [0.29, 0.717) is 26.2 Å². The summed E-state index contributed by atoms with van der Waals surface area (Å²) in [7, 11) is 0. The van der Waals surface area contributed by atoms with Crippen LogP contribution in [-0.4, -0.2) is 46.4 Å². The van der Waals surface area contributed by atoms with Crippen LogP contribution in [0.2, 0.25) is 0 Å². The molecule has 6 heteroatoms. The molecule has 0 radical (unpaired) electrons. The normalized spacial score (nSPS) is 11.3. The number of amides is 1. The van der Waals surface area contributed by atoms with Gasteiger partial charge in [-0.2, -0.15) is 0 Å². The lowest BCUT2D eigenvalue weighted by atomic mass is 10.2. The Morgan fingerprint density at radius 2 is 1.95 bits per heavy atom. The van der Waals surface area contributed by atoms with E-state index in [2.05, 4.69) is 5.32 Å². The van der Waals surface area contributed by atoms with E-state index in [0.717, 1.165) is 5.56 Å². The molecule has 0 fully saturated rings. The first-order valence-corrected chi connectivity index (χ1v) is 7.42. The van der Waals surface area contributed by atoms with Gasteiger partial charge in [0.2, 0.25) is 0 Å². The molecule has 0 aliphatic carbocycles. The van der Waals surface area contributed by atoms with Crippen molar-refractivity contribution < 1.29 is 19.7 Å². The number of hydrogen-bond donors (Lipinski definition) is 3. The lowest BCUT2D eigenvalue weighted by molar-refractivity contribution is 0.0262. The average Bonchev–Trinajstić information content (AvgIpc) is 2.40. The highest BCUT2D eigenvalue weighted by molar-refractivity contribution is 5.68. The van der Waals surface area contributed by atoms with Gasteiger partial charge in [0.15, 0.2) is 11.5 Å². The fraction of sp³-hybridized carbons (Fsp3) is 0.562. The molecule has 3 N–H and O–H groups in total. The van der Waals surface area contributed by atoms with Crippen molar-refractivity contribution in [2.75, 3.05) is 19.6 Å². The van der Waals surface area contributed by atoms with E-state index in [1.165, 1.54) is 12.1 Å². The third-order valence-electron chi connectivity index (χ3n) is 2.96. The molecule has 1 aromatic rings. The molecule has 1 aromatic carbocycles. The highest BCUT2D eigenvalue weighted by Crippen LogP contribution is 2.24. The number of rotatable bonds is 6. The molecule has 0 saturated heterocycles. The van der Waals surface area contributed by atoms with E-state index in [4.69, 9.17) is 4.74 Å². The van der Waals surface area contributed by atoms with Crippen molar-refractivity contribution in [3.63, 3.8) is 0 Å². The van der Waals surface area contributed by atoms with Crippen LogP contribution in [0.5, 0.6) is 11.5 Å². The smallest absolute Gasteiger partial charge is 0.410 e. The Balaban J connectivity index is 2.38. The molecule has 0 aliphatic heterocycles. The predicted molar refractivity (Wildman–Crippen MR) is 85.0 cm³/mol. The Morgan fingerprint density at radius 3 is 2.50 bits per heavy atom. The van der Waals surface area contributed by atoms with E-state index < -0.39 is 5.60 Å². The lowest BCUT2D eigenvalue weighted by Crippen LogP contribution is -2.40. The van der Waals surface area contributed by atoms with Crippen molar-refractivity contribution in [1.82, 2.24) is 10.2 Å². The zero-order valence-electron chi connectivity index (χ0n) is 13.7. The van der Waals surface area contributed by atoms with Crippen molar-refractivity contribution in [1.29, 1.82) is 0 Å². The van der Waals surface area contributed by atoms with Gasteiger partial charge in [-0.25, -0.2) is 4.79 Å². The van der Waals surface area contributed by atoms with Crippen LogP contribution in [0.4, 0.5) is 4.79 Å². The highest BCUT2D eigenvalue weighted by Gasteiger charge is 2.20. The lowest BCUT2D eigenvalue weighted by Gasteiger charge is -2.26. The largest absolute Gasteiger partial charge is 0.504 e. The van der Waals surface area contributed by atoms with Gasteiger partial charge in [-0.3, -0.25) is 0 Å². The molecule has 0 bridgehead atoms. The number of carbonyl (C=O) groups is 1. The standard InChI is InChI=1S/C16H26N2O4/c1-5-18(15(21)22-16(2,3)4)9-8-17-11-12-6-7-13(19)14(20)10-12/h6-7,10,17,19-20H,5,8-9,11H2,1-4H3. The first-order chi connectivity index (χ1) is 10.2. The minimum absolute atomic E-state index is 0.133. The van der Waals surface area contributed by atoms with Gasteiger partial charge >= 0.3 is 6.09 Å². The Morgan fingerprint density at radius 1 is 1.27 bits per heavy atom. The van der Waals surface area contributed by atoms with Crippen molar-refractivity contribution in [2.24, 2.45) is 0 Å². The van der Waals surface area contributed by atoms with Crippen LogP contribution < -0.4 is 5.32 Å². The predicted octanol–water partition coefficient (Wildman–Crippen LogP) is 2.44. The van der Waals surface area contributed by atoms with Gasteiger partial charge in [-0.15, -0.1) is 0 Å². The number of likely N-dealkylation sites (N-methyl/N-ethyl adjacent to an activating group) is 1. The summed E-state index contributed by atoms with van der Waals surface area (Å²) in [4.78, 5) is 13.6. The van der Waals surface area contributed by atoms with Crippen LogP contribution in [0.1, 0.15) is 33.3 Å².